The van der Waals surface area contributed by atoms with Crippen LogP contribution in [0, 0.1) is 0 Å². The molecule has 2 heterocycles. The van der Waals surface area contributed by atoms with Crippen molar-refractivity contribution in [2.45, 2.75) is 62.8 Å². The van der Waals surface area contributed by atoms with Crippen LogP contribution in [0.3, 0.4) is 0 Å². The Balaban J connectivity index is 1.60. The van der Waals surface area contributed by atoms with Crippen molar-refractivity contribution in [3.05, 3.63) is 18.0 Å². The van der Waals surface area contributed by atoms with E-state index in [1.807, 2.05) is 25.0 Å². The Morgan fingerprint density at radius 2 is 2.10 bits per heavy atom. The first-order valence-corrected chi connectivity index (χ1v) is 8.15. The lowest BCUT2D eigenvalue weighted by molar-refractivity contribution is -0.0180. The molecular formula is C16H27N3O2. The summed E-state index contributed by atoms with van der Waals surface area (Å²) < 4.78 is 13.3. The van der Waals surface area contributed by atoms with Crippen LogP contribution in [-0.2, 0) is 16.5 Å². The van der Waals surface area contributed by atoms with Crippen LogP contribution in [0.2, 0.25) is 0 Å². The second-order valence-corrected chi connectivity index (χ2v) is 6.36. The summed E-state index contributed by atoms with van der Waals surface area (Å²) in [5, 5.41) is 8.13. The third-order valence-corrected chi connectivity index (χ3v) is 4.83. The number of methoxy groups -OCH3 is 1. The minimum absolute atomic E-state index is 0.146. The zero-order valence-corrected chi connectivity index (χ0v) is 13.1. The molecule has 2 atom stereocenters. The van der Waals surface area contributed by atoms with E-state index in [4.69, 9.17) is 9.47 Å². The van der Waals surface area contributed by atoms with Gasteiger partial charge in [-0.25, -0.2) is 0 Å². The molecule has 0 spiro atoms. The smallest absolute Gasteiger partial charge is 0.101 e. The Morgan fingerprint density at radius 1 is 1.29 bits per heavy atom. The van der Waals surface area contributed by atoms with E-state index in [0.717, 1.165) is 13.0 Å². The lowest BCUT2D eigenvalue weighted by Gasteiger charge is -2.37. The number of hydrogen-bond donors (Lipinski definition) is 1. The number of aryl methyl sites for hydroxylation is 1. The molecule has 5 nitrogen and oxygen atoms in total. The Morgan fingerprint density at radius 3 is 2.76 bits per heavy atom. The number of nitrogens with one attached hydrogen (secondary N) is 1. The molecule has 2 aliphatic rings. The van der Waals surface area contributed by atoms with Gasteiger partial charge in [0.1, 0.15) is 6.10 Å². The lowest BCUT2D eigenvalue weighted by atomic mass is 9.90. The van der Waals surface area contributed by atoms with Crippen molar-refractivity contribution in [1.29, 1.82) is 0 Å². The SMILES string of the molecule is COC1CCC(N[C@H]2CCCO[C@@H]2c2cnn(C)c2)CC1. The number of aromatic nitrogens is 2. The van der Waals surface area contributed by atoms with Crippen LogP contribution >= 0.6 is 0 Å². The highest BCUT2D eigenvalue weighted by Crippen LogP contribution is 2.30. The van der Waals surface area contributed by atoms with Gasteiger partial charge in [-0.05, 0) is 38.5 Å². The third kappa shape index (κ3) is 3.65. The molecule has 2 fully saturated rings. The minimum atomic E-state index is 0.146. The van der Waals surface area contributed by atoms with Gasteiger partial charge in [-0.2, -0.15) is 5.10 Å². The number of nitrogens with zero attached hydrogens (tertiary/aromatic N) is 2. The second-order valence-electron chi connectivity index (χ2n) is 6.36. The Kier molecular flexibility index (Phi) is 4.93. The first-order chi connectivity index (χ1) is 10.3. The van der Waals surface area contributed by atoms with E-state index >= 15 is 0 Å². The minimum Gasteiger partial charge on any atom is -0.381 e. The lowest BCUT2D eigenvalue weighted by Crippen LogP contribution is -2.46. The molecule has 1 aromatic rings. The molecular weight excluding hydrogens is 266 g/mol. The fourth-order valence-electron chi connectivity index (χ4n) is 3.64. The Labute approximate surface area is 127 Å². The van der Waals surface area contributed by atoms with Crippen molar-refractivity contribution in [3.63, 3.8) is 0 Å². The quantitative estimate of drug-likeness (QED) is 0.924. The van der Waals surface area contributed by atoms with E-state index in [1.165, 1.54) is 37.7 Å². The molecule has 118 valence electrons. The van der Waals surface area contributed by atoms with E-state index in [2.05, 4.69) is 16.6 Å². The molecule has 0 unspecified atom stereocenters. The average Bonchev–Trinajstić information content (AvgIpc) is 2.95. The standard InChI is InChI=1S/C16H27N3O2/c1-19-11-12(10-17-19)16-15(4-3-9-21-16)18-13-5-7-14(20-2)8-6-13/h10-11,13-16,18H,3-9H2,1-2H3/t13?,14?,15-,16+/m0/s1. The molecule has 0 amide bonds. The van der Waals surface area contributed by atoms with Gasteiger partial charge in [-0.3, -0.25) is 4.68 Å². The van der Waals surface area contributed by atoms with Crippen molar-refractivity contribution in [3.8, 4) is 0 Å². The average molecular weight is 293 g/mol. The zero-order chi connectivity index (χ0) is 14.7. The van der Waals surface area contributed by atoms with Crippen LogP contribution in [0.4, 0.5) is 0 Å². The molecule has 21 heavy (non-hydrogen) atoms. The molecule has 1 aromatic heterocycles. The summed E-state index contributed by atoms with van der Waals surface area (Å²) in [6.45, 7) is 0.855. The summed E-state index contributed by atoms with van der Waals surface area (Å²) in [5.41, 5.74) is 1.19. The van der Waals surface area contributed by atoms with Crippen molar-refractivity contribution in [2.75, 3.05) is 13.7 Å². The first kappa shape index (κ1) is 15.0. The molecule has 1 N–H and O–H groups in total. The largest absolute Gasteiger partial charge is 0.381 e. The van der Waals surface area contributed by atoms with Gasteiger partial charge in [0.2, 0.25) is 0 Å². The molecule has 1 aliphatic heterocycles. The van der Waals surface area contributed by atoms with E-state index in [0.29, 0.717) is 18.2 Å². The number of ether oxygens (including phenoxy) is 2. The predicted molar refractivity (Wildman–Crippen MR) is 81.1 cm³/mol. The molecule has 1 aliphatic carbocycles. The van der Waals surface area contributed by atoms with Gasteiger partial charge in [0.05, 0.1) is 12.3 Å². The van der Waals surface area contributed by atoms with E-state index < -0.39 is 0 Å². The summed E-state index contributed by atoms with van der Waals surface area (Å²) >= 11 is 0. The highest BCUT2D eigenvalue weighted by molar-refractivity contribution is 5.12. The summed E-state index contributed by atoms with van der Waals surface area (Å²) in [4.78, 5) is 0. The Bertz CT molecular complexity index is 440. The highest BCUT2D eigenvalue weighted by Gasteiger charge is 2.31. The maximum atomic E-state index is 6.03. The van der Waals surface area contributed by atoms with Crippen LogP contribution in [-0.4, -0.2) is 41.7 Å². The van der Waals surface area contributed by atoms with E-state index in [1.54, 1.807) is 0 Å². The number of hydrogen-bond acceptors (Lipinski definition) is 4. The van der Waals surface area contributed by atoms with Gasteiger partial charge >= 0.3 is 0 Å². The summed E-state index contributed by atoms with van der Waals surface area (Å²) in [5.74, 6) is 0. The van der Waals surface area contributed by atoms with E-state index in [-0.39, 0.29) is 6.10 Å². The number of rotatable bonds is 4. The van der Waals surface area contributed by atoms with Crippen molar-refractivity contribution in [2.24, 2.45) is 7.05 Å². The molecule has 0 aromatic carbocycles. The van der Waals surface area contributed by atoms with Gasteiger partial charge < -0.3 is 14.8 Å². The Hall–Kier alpha value is -0.910. The summed E-state index contributed by atoms with van der Waals surface area (Å²) in [6.07, 6.45) is 11.7. The second kappa shape index (κ2) is 6.90. The van der Waals surface area contributed by atoms with Gasteiger partial charge in [0, 0.05) is 44.6 Å². The molecule has 5 heteroatoms. The first-order valence-electron chi connectivity index (χ1n) is 8.15. The third-order valence-electron chi connectivity index (χ3n) is 4.83. The van der Waals surface area contributed by atoms with E-state index in [9.17, 15) is 0 Å². The maximum absolute atomic E-state index is 6.03. The van der Waals surface area contributed by atoms with Gasteiger partial charge in [-0.1, -0.05) is 0 Å². The van der Waals surface area contributed by atoms with Crippen LogP contribution in [0.5, 0.6) is 0 Å². The van der Waals surface area contributed by atoms with Crippen LogP contribution in [0.25, 0.3) is 0 Å². The van der Waals surface area contributed by atoms with Crippen LogP contribution < -0.4 is 5.32 Å². The summed E-state index contributed by atoms with van der Waals surface area (Å²) in [7, 11) is 3.78. The molecule has 1 saturated carbocycles. The fraction of sp³-hybridized carbons (Fsp3) is 0.812. The van der Waals surface area contributed by atoms with Crippen LogP contribution in [0.15, 0.2) is 12.4 Å². The normalized spacial score (nSPS) is 34.0. The van der Waals surface area contributed by atoms with Crippen molar-refractivity contribution in [1.82, 2.24) is 15.1 Å². The van der Waals surface area contributed by atoms with Crippen molar-refractivity contribution < 1.29 is 9.47 Å². The van der Waals surface area contributed by atoms with Gasteiger partial charge in [0.15, 0.2) is 0 Å². The topological polar surface area (TPSA) is 48.3 Å². The molecule has 1 saturated heterocycles. The highest BCUT2D eigenvalue weighted by atomic mass is 16.5. The van der Waals surface area contributed by atoms with Crippen molar-refractivity contribution >= 4 is 0 Å². The summed E-state index contributed by atoms with van der Waals surface area (Å²) in [6, 6.07) is 1.01. The monoisotopic (exact) mass is 293 g/mol. The van der Waals surface area contributed by atoms with Gasteiger partial charge in [0.25, 0.3) is 0 Å². The molecule has 0 bridgehead atoms. The molecule has 0 radical (unpaired) electrons. The van der Waals surface area contributed by atoms with Crippen LogP contribution in [0.1, 0.15) is 50.2 Å². The fourth-order valence-corrected chi connectivity index (χ4v) is 3.64. The molecule has 3 rings (SSSR count). The predicted octanol–water partition coefficient (Wildman–Crippen LogP) is 2.19. The zero-order valence-electron chi connectivity index (χ0n) is 13.1. The van der Waals surface area contributed by atoms with Gasteiger partial charge in [-0.15, -0.1) is 0 Å². The maximum Gasteiger partial charge on any atom is 0.101 e.